The highest BCUT2D eigenvalue weighted by Crippen LogP contribution is 2.27. The number of nitrogens with zero attached hydrogens (tertiary/aromatic N) is 3. The van der Waals surface area contributed by atoms with Crippen LogP contribution in [0.3, 0.4) is 0 Å². The number of hydrogen-bond donors (Lipinski definition) is 0. The molecule has 2 aromatic rings. The predicted octanol–water partition coefficient (Wildman–Crippen LogP) is 3.88. The summed E-state index contributed by atoms with van der Waals surface area (Å²) in [4.78, 5) is 12.8. The molecular formula is C20H27ClN3O3-. The summed E-state index contributed by atoms with van der Waals surface area (Å²) in [5, 5.41) is 16.7. The van der Waals surface area contributed by atoms with Crippen LogP contribution < -0.4 is 14.7 Å². The standard InChI is InChI=1S/C20H28ClN3O3/c1-13(2)12-27-17-8-7-16(21)10-15(17)11-23-14(3)9-18(22-23)24(19(25)26)20(4,5)6/h7-10,13H,11-12H2,1-6H3,(H,25,26)/p-1. The van der Waals surface area contributed by atoms with Crippen molar-refractivity contribution < 1.29 is 14.6 Å². The molecule has 0 saturated heterocycles. The average Bonchev–Trinajstić information content (AvgIpc) is 2.84. The Bertz CT molecular complexity index is 809. The molecule has 0 fully saturated rings. The first-order valence-electron chi connectivity index (χ1n) is 8.96. The van der Waals surface area contributed by atoms with E-state index < -0.39 is 11.6 Å². The number of anilines is 1. The van der Waals surface area contributed by atoms with Crippen LogP contribution in [0.4, 0.5) is 10.6 Å². The second kappa shape index (κ2) is 8.21. The van der Waals surface area contributed by atoms with E-state index in [4.69, 9.17) is 16.3 Å². The molecule has 0 bridgehead atoms. The maximum absolute atomic E-state index is 11.6. The van der Waals surface area contributed by atoms with Gasteiger partial charge in [0.1, 0.15) is 11.8 Å². The van der Waals surface area contributed by atoms with Crippen LogP contribution in [0.15, 0.2) is 24.3 Å². The van der Waals surface area contributed by atoms with Gasteiger partial charge in [-0.05, 0) is 51.8 Å². The Morgan fingerprint density at radius 1 is 1.33 bits per heavy atom. The molecule has 0 aliphatic heterocycles. The zero-order chi connectivity index (χ0) is 20.4. The van der Waals surface area contributed by atoms with Gasteiger partial charge >= 0.3 is 0 Å². The quantitative estimate of drug-likeness (QED) is 0.748. The van der Waals surface area contributed by atoms with Gasteiger partial charge in [0.2, 0.25) is 0 Å². The Morgan fingerprint density at radius 2 is 2.00 bits per heavy atom. The summed E-state index contributed by atoms with van der Waals surface area (Å²) in [6, 6.07) is 7.22. The Hall–Kier alpha value is -2.21. The summed E-state index contributed by atoms with van der Waals surface area (Å²) >= 11 is 6.16. The molecule has 1 heterocycles. The maximum Gasteiger partial charge on any atom is 0.156 e. The van der Waals surface area contributed by atoms with Gasteiger partial charge in [-0.15, -0.1) is 0 Å². The number of ether oxygens (including phenoxy) is 1. The molecule has 0 saturated carbocycles. The zero-order valence-corrected chi connectivity index (χ0v) is 17.5. The van der Waals surface area contributed by atoms with Gasteiger partial charge < -0.3 is 19.5 Å². The Balaban J connectivity index is 2.35. The minimum atomic E-state index is -1.28. The number of hydrogen-bond acceptors (Lipinski definition) is 4. The number of aryl methyl sites for hydroxylation is 1. The van der Waals surface area contributed by atoms with Crippen LogP contribution in [0.5, 0.6) is 5.75 Å². The van der Waals surface area contributed by atoms with E-state index in [1.165, 1.54) is 0 Å². The number of rotatable bonds is 6. The minimum absolute atomic E-state index is 0.340. The molecule has 6 nitrogen and oxygen atoms in total. The molecule has 0 atom stereocenters. The first kappa shape index (κ1) is 21.1. The molecule has 1 aromatic heterocycles. The summed E-state index contributed by atoms with van der Waals surface area (Å²) in [6.45, 7) is 12.5. The van der Waals surface area contributed by atoms with Gasteiger partial charge in [0.25, 0.3) is 0 Å². The van der Waals surface area contributed by atoms with Crippen LogP contribution >= 0.6 is 11.6 Å². The Morgan fingerprint density at radius 3 is 2.56 bits per heavy atom. The van der Waals surface area contributed by atoms with E-state index >= 15 is 0 Å². The number of carbonyl (C=O) groups is 1. The number of carboxylic acid groups (broad SMARTS) is 1. The molecule has 7 heteroatoms. The molecule has 27 heavy (non-hydrogen) atoms. The smallest absolute Gasteiger partial charge is 0.156 e. The normalized spacial score (nSPS) is 11.7. The minimum Gasteiger partial charge on any atom is -0.530 e. The highest BCUT2D eigenvalue weighted by Gasteiger charge is 2.25. The number of amides is 1. The van der Waals surface area contributed by atoms with Gasteiger partial charge in [-0.25, -0.2) is 0 Å². The lowest BCUT2D eigenvalue weighted by molar-refractivity contribution is -0.247. The fraction of sp³-hybridized carbons (Fsp3) is 0.500. The average molecular weight is 393 g/mol. The van der Waals surface area contributed by atoms with E-state index in [-0.39, 0.29) is 0 Å². The van der Waals surface area contributed by atoms with E-state index in [1.807, 2.05) is 19.1 Å². The molecule has 1 aromatic carbocycles. The topological polar surface area (TPSA) is 70.4 Å². The molecule has 0 N–H and O–H groups in total. The van der Waals surface area contributed by atoms with E-state index in [9.17, 15) is 9.90 Å². The lowest BCUT2D eigenvalue weighted by Crippen LogP contribution is -2.52. The Labute approximate surface area is 165 Å². The van der Waals surface area contributed by atoms with Crippen LogP contribution in [-0.2, 0) is 6.54 Å². The number of aromatic nitrogens is 2. The lowest BCUT2D eigenvalue weighted by atomic mass is 10.1. The number of benzene rings is 1. The summed E-state index contributed by atoms with van der Waals surface area (Å²) < 4.78 is 7.64. The highest BCUT2D eigenvalue weighted by molar-refractivity contribution is 6.30. The van der Waals surface area contributed by atoms with Gasteiger partial charge in [0, 0.05) is 27.9 Å². The van der Waals surface area contributed by atoms with Crippen molar-refractivity contribution in [3.8, 4) is 5.75 Å². The second-order valence-corrected chi connectivity index (χ2v) is 8.47. The SMILES string of the molecule is Cc1cc(N(C(=O)[O-])C(C)(C)C)nn1Cc1cc(Cl)ccc1OCC(C)C. The van der Waals surface area contributed by atoms with Crippen LogP contribution in [-0.4, -0.2) is 28.0 Å². The van der Waals surface area contributed by atoms with Crippen molar-refractivity contribution in [1.82, 2.24) is 9.78 Å². The molecule has 148 valence electrons. The first-order valence-corrected chi connectivity index (χ1v) is 9.33. The first-order chi connectivity index (χ1) is 12.5. The molecule has 0 unspecified atom stereocenters. The molecule has 0 aliphatic carbocycles. The van der Waals surface area contributed by atoms with Crippen molar-refractivity contribution >= 4 is 23.5 Å². The van der Waals surface area contributed by atoms with Crippen molar-refractivity contribution in [1.29, 1.82) is 0 Å². The third-order valence-electron chi connectivity index (χ3n) is 3.97. The number of halogens is 1. The van der Waals surface area contributed by atoms with E-state index in [0.29, 0.717) is 29.9 Å². The highest BCUT2D eigenvalue weighted by atomic mass is 35.5. The van der Waals surface area contributed by atoms with Gasteiger partial charge in [-0.1, -0.05) is 25.4 Å². The molecular weight excluding hydrogens is 366 g/mol. The zero-order valence-electron chi connectivity index (χ0n) is 16.7. The molecule has 0 radical (unpaired) electrons. The summed E-state index contributed by atoms with van der Waals surface area (Å²) in [5.41, 5.74) is 1.05. The molecule has 0 aliphatic rings. The lowest BCUT2D eigenvalue weighted by Gasteiger charge is -2.35. The van der Waals surface area contributed by atoms with Gasteiger partial charge in [-0.3, -0.25) is 4.68 Å². The summed E-state index contributed by atoms with van der Waals surface area (Å²) in [5.74, 6) is 1.48. The van der Waals surface area contributed by atoms with Crippen molar-refractivity contribution in [3.63, 3.8) is 0 Å². The third-order valence-corrected chi connectivity index (χ3v) is 4.20. The fourth-order valence-corrected chi connectivity index (χ4v) is 2.90. The molecule has 2 rings (SSSR count). The Kier molecular flexibility index (Phi) is 6.42. The van der Waals surface area contributed by atoms with Crippen molar-refractivity contribution in [2.75, 3.05) is 11.5 Å². The van der Waals surface area contributed by atoms with Gasteiger partial charge in [0.15, 0.2) is 5.82 Å². The van der Waals surface area contributed by atoms with Crippen molar-refractivity contribution in [2.45, 2.75) is 53.6 Å². The largest absolute Gasteiger partial charge is 0.530 e. The van der Waals surface area contributed by atoms with Crippen LogP contribution in [0.2, 0.25) is 5.02 Å². The van der Waals surface area contributed by atoms with E-state index in [0.717, 1.165) is 21.9 Å². The summed E-state index contributed by atoms with van der Waals surface area (Å²) in [6.07, 6.45) is -1.28. The summed E-state index contributed by atoms with van der Waals surface area (Å²) in [7, 11) is 0. The molecule has 0 spiro atoms. The number of carbonyl (C=O) groups excluding carboxylic acids is 1. The fourth-order valence-electron chi connectivity index (χ4n) is 2.70. The maximum atomic E-state index is 11.6. The van der Waals surface area contributed by atoms with Crippen LogP contribution in [0.25, 0.3) is 0 Å². The van der Waals surface area contributed by atoms with E-state index in [2.05, 4.69) is 18.9 Å². The van der Waals surface area contributed by atoms with Crippen molar-refractivity contribution in [2.24, 2.45) is 5.92 Å². The van der Waals surface area contributed by atoms with Crippen molar-refractivity contribution in [3.05, 3.63) is 40.5 Å². The third kappa shape index (κ3) is 5.39. The van der Waals surface area contributed by atoms with Crippen LogP contribution in [0, 0.1) is 12.8 Å². The monoisotopic (exact) mass is 392 g/mol. The second-order valence-electron chi connectivity index (χ2n) is 8.03. The molecule has 1 amide bonds. The van der Waals surface area contributed by atoms with E-state index in [1.54, 1.807) is 37.6 Å². The predicted molar refractivity (Wildman–Crippen MR) is 105 cm³/mol. The van der Waals surface area contributed by atoms with Crippen LogP contribution in [0.1, 0.15) is 45.9 Å². The van der Waals surface area contributed by atoms with Gasteiger partial charge in [-0.2, -0.15) is 5.10 Å². The van der Waals surface area contributed by atoms with Gasteiger partial charge in [0.05, 0.1) is 13.2 Å².